The number of Topliss-reactive ketones (excluding diaryl/α,β-unsaturated/α-hetero) is 1. The van der Waals surface area contributed by atoms with Gasteiger partial charge < -0.3 is 9.73 Å². The van der Waals surface area contributed by atoms with E-state index in [1.807, 2.05) is 26.0 Å². The molecule has 1 aromatic carbocycles. The van der Waals surface area contributed by atoms with Crippen LogP contribution >= 0.6 is 0 Å². The second-order valence-corrected chi connectivity index (χ2v) is 4.38. The molecule has 0 spiro atoms. The molecule has 2 rings (SSSR count). The lowest BCUT2D eigenvalue weighted by molar-refractivity contribution is 0.0885. The van der Waals surface area contributed by atoms with Crippen molar-refractivity contribution in [1.82, 2.24) is 5.32 Å². The van der Waals surface area contributed by atoms with Crippen LogP contribution in [0, 0.1) is 13.8 Å². The number of amides is 1. The first-order valence-electron chi connectivity index (χ1n) is 6.00. The van der Waals surface area contributed by atoms with Gasteiger partial charge in [0.2, 0.25) is 0 Å². The number of carbonyl (C=O) groups excluding carboxylic acids is 2. The topological polar surface area (TPSA) is 59.3 Å². The van der Waals surface area contributed by atoms with Crippen molar-refractivity contribution < 1.29 is 14.0 Å². The molecule has 0 atom stereocenters. The summed E-state index contributed by atoms with van der Waals surface area (Å²) in [7, 11) is 0. The zero-order valence-electron chi connectivity index (χ0n) is 10.9. The third kappa shape index (κ3) is 3.10. The highest BCUT2D eigenvalue weighted by molar-refractivity contribution is 6.01. The maximum atomic E-state index is 11.9. The molecule has 0 radical (unpaired) electrons. The monoisotopic (exact) mass is 257 g/mol. The van der Waals surface area contributed by atoms with Crippen molar-refractivity contribution in [2.75, 3.05) is 6.54 Å². The molecule has 0 aliphatic heterocycles. The number of furan rings is 1. The van der Waals surface area contributed by atoms with Gasteiger partial charge in [0.1, 0.15) is 0 Å². The van der Waals surface area contributed by atoms with E-state index in [-0.39, 0.29) is 24.0 Å². The lowest BCUT2D eigenvalue weighted by atomic mass is 10.0. The van der Waals surface area contributed by atoms with Crippen LogP contribution in [-0.4, -0.2) is 18.2 Å². The van der Waals surface area contributed by atoms with Gasteiger partial charge in [0.25, 0.3) is 5.91 Å². The molecule has 98 valence electrons. The van der Waals surface area contributed by atoms with E-state index in [9.17, 15) is 9.59 Å². The van der Waals surface area contributed by atoms with Gasteiger partial charge in [-0.15, -0.1) is 0 Å². The van der Waals surface area contributed by atoms with Crippen LogP contribution < -0.4 is 5.32 Å². The minimum atomic E-state index is -0.387. The number of hydrogen-bond donors (Lipinski definition) is 1. The van der Waals surface area contributed by atoms with Crippen LogP contribution in [0.5, 0.6) is 0 Å². The molecule has 2 aromatic rings. The average molecular weight is 257 g/mol. The highest BCUT2D eigenvalue weighted by Crippen LogP contribution is 2.10. The largest absolute Gasteiger partial charge is 0.459 e. The zero-order valence-corrected chi connectivity index (χ0v) is 10.9. The minimum absolute atomic E-state index is 0.0396. The first-order valence-corrected chi connectivity index (χ1v) is 6.00. The Balaban J connectivity index is 1.98. The fourth-order valence-electron chi connectivity index (χ4n) is 1.67. The fraction of sp³-hybridized carbons (Fsp3) is 0.200. The summed E-state index contributed by atoms with van der Waals surface area (Å²) in [5, 5.41) is 2.54. The van der Waals surface area contributed by atoms with Crippen LogP contribution in [-0.2, 0) is 0 Å². The van der Waals surface area contributed by atoms with Crippen LogP contribution in [0.3, 0.4) is 0 Å². The lowest BCUT2D eigenvalue weighted by Crippen LogP contribution is -2.29. The smallest absolute Gasteiger partial charge is 0.287 e. The van der Waals surface area contributed by atoms with Crippen LogP contribution in [0.25, 0.3) is 0 Å². The Bertz CT molecular complexity index is 600. The molecule has 19 heavy (non-hydrogen) atoms. The number of rotatable bonds is 4. The molecule has 1 amide bonds. The predicted octanol–water partition coefficient (Wildman–Crippen LogP) is 2.51. The highest BCUT2D eigenvalue weighted by atomic mass is 16.3. The Morgan fingerprint density at radius 3 is 2.58 bits per heavy atom. The van der Waals surface area contributed by atoms with Crippen molar-refractivity contribution in [2.45, 2.75) is 13.8 Å². The Hall–Kier alpha value is -2.36. The van der Waals surface area contributed by atoms with Crippen LogP contribution in [0.4, 0.5) is 0 Å². The summed E-state index contributed by atoms with van der Waals surface area (Å²) in [6.45, 7) is 3.90. The van der Waals surface area contributed by atoms with Crippen LogP contribution in [0.2, 0.25) is 0 Å². The molecule has 1 heterocycles. The van der Waals surface area contributed by atoms with Gasteiger partial charge in [-0.2, -0.15) is 0 Å². The number of nitrogens with one attached hydrogen (secondary N) is 1. The van der Waals surface area contributed by atoms with E-state index < -0.39 is 0 Å². The van der Waals surface area contributed by atoms with Crippen LogP contribution in [0.15, 0.2) is 41.0 Å². The summed E-state index contributed by atoms with van der Waals surface area (Å²) in [5.41, 5.74) is 2.79. The molecule has 1 aromatic heterocycles. The van der Waals surface area contributed by atoms with Gasteiger partial charge in [-0.05, 0) is 43.2 Å². The quantitative estimate of drug-likeness (QED) is 0.856. The molecule has 0 saturated heterocycles. The van der Waals surface area contributed by atoms with Gasteiger partial charge in [-0.1, -0.05) is 12.1 Å². The Morgan fingerprint density at radius 2 is 1.95 bits per heavy atom. The minimum Gasteiger partial charge on any atom is -0.459 e. The number of hydrogen-bond acceptors (Lipinski definition) is 3. The van der Waals surface area contributed by atoms with E-state index in [2.05, 4.69) is 5.32 Å². The number of benzene rings is 1. The van der Waals surface area contributed by atoms with Gasteiger partial charge in [-0.25, -0.2) is 0 Å². The van der Waals surface area contributed by atoms with E-state index in [0.717, 1.165) is 11.1 Å². The second-order valence-electron chi connectivity index (χ2n) is 4.38. The molecule has 0 saturated carbocycles. The summed E-state index contributed by atoms with van der Waals surface area (Å²) in [6.07, 6.45) is 1.42. The standard InChI is InChI=1S/C15H15NO3/c1-10-5-6-12(8-11(10)2)13(17)9-16-15(18)14-4-3-7-19-14/h3-8H,9H2,1-2H3,(H,16,18). The lowest BCUT2D eigenvalue weighted by Gasteiger charge is -2.05. The maximum absolute atomic E-state index is 11.9. The van der Waals surface area contributed by atoms with E-state index in [1.54, 1.807) is 18.2 Å². The van der Waals surface area contributed by atoms with Crippen LogP contribution in [0.1, 0.15) is 32.0 Å². The van der Waals surface area contributed by atoms with Gasteiger partial charge in [0.05, 0.1) is 12.8 Å². The molecule has 1 N–H and O–H groups in total. The molecular formula is C15H15NO3. The summed E-state index contributed by atoms with van der Waals surface area (Å²) in [6, 6.07) is 8.67. The summed E-state index contributed by atoms with van der Waals surface area (Å²) < 4.78 is 4.94. The zero-order chi connectivity index (χ0) is 13.8. The van der Waals surface area contributed by atoms with Gasteiger partial charge in [-0.3, -0.25) is 9.59 Å². The third-order valence-corrected chi connectivity index (χ3v) is 2.98. The number of carbonyl (C=O) groups is 2. The van der Waals surface area contributed by atoms with E-state index in [4.69, 9.17) is 4.42 Å². The maximum Gasteiger partial charge on any atom is 0.287 e. The van der Waals surface area contributed by atoms with E-state index >= 15 is 0 Å². The van der Waals surface area contributed by atoms with Crippen molar-refractivity contribution >= 4 is 11.7 Å². The number of ketones is 1. The third-order valence-electron chi connectivity index (χ3n) is 2.98. The average Bonchev–Trinajstić information content (AvgIpc) is 2.92. The molecule has 4 heteroatoms. The van der Waals surface area contributed by atoms with Gasteiger partial charge in [0, 0.05) is 5.56 Å². The SMILES string of the molecule is Cc1ccc(C(=O)CNC(=O)c2ccco2)cc1C. The van der Waals surface area contributed by atoms with Crippen molar-refractivity contribution in [3.8, 4) is 0 Å². The molecular weight excluding hydrogens is 242 g/mol. The summed E-state index contributed by atoms with van der Waals surface area (Å²) >= 11 is 0. The first-order chi connectivity index (χ1) is 9.08. The Morgan fingerprint density at radius 1 is 1.16 bits per heavy atom. The number of aryl methyl sites for hydroxylation is 2. The van der Waals surface area contributed by atoms with Crippen molar-refractivity contribution in [3.05, 3.63) is 59.0 Å². The van der Waals surface area contributed by atoms with Crippen molar-refractivity contribution in [2.24, 2.45) is 0 Å². The Kier molecular flexibility index (Phi) is 3.80. The first kappa shape index (κ1) is 13.1. The van der Waals surface area contributed by atoms with Gasteiger partial charge >= 0.3 is 0 Å². The highest BCUT2D eigenvalue weighted by Gasteiger charge is 2.11. The predicted molar refractivity (Wildman–Crippen MR) is 71.3 cm³/mol. The molecule has 0 aliphatic carbocycles. The van der Waals surface area contributed by atoms with E-state index in [0.29, 0.717) is 5.56 Å². The summed E-state index contributed by atoms with van der Waals surface area (Å²) in [5.74, 6) is -0.307. The van der Waals surface area contributed by atoms with E-state index in [1.165, 1.54) is 6.26 Å². The fourth-order valence-corrected chi connectivity index (χ4v) is 1.67. The van der Waals surface area contributed by atoms with Crippen molar-refractivity contribution in [3.63, 3.8) is 0 Å². The molecule has 0 fully saturated rings. The van der Waals surface area contributed by atoms with Gasteiger partial charge in [0.15, 0.2) is 11.5 Å². The molecule has 0 bridgehead atoms. The molecule has 0 unspecified atom stereocenters. The molecule has 4 nitrogen and oxygen atoms in total. The summed E-state index contributed by atoms with van der Waals surface area (Å²) in [4.78, 5) is 23.5. The molecule has 0 aliphatic rings. The normalized spacial score (nSPS) is 10.2. The van der Waals surface area contributed by atoms with Crippen molar-refractivity contribution in [1.29, 1.82) is 0 Å². The second kappa shape index (κ2) is 5.52. The Labute approximate surface area is 111 Å².